The molecule has 16 heavy (non-hydrogen) atoms. The quantitative estimate of drug-likeness (QED) is 0.886. The zero-order valence-electron chi connectivity index (χ0n) is 9.61. The molecule has 0 bridgehead atoms. The van der Waals surface area contributed by atoms with Gasteiger partial charge in [0.05, 0.1) is 17.9 Å². The second-order valence-electron chi connectivity index (χ2n) is 3.69. The van der Waals surface area contributed by atoms with Gasteiger partial charge in [-0.05, 0) is 37.8 Å². The Morgan fingerprint density at radius 3 is 2.62 bits per heavy atom. The van der Waals surface area contributed by atoms with Crippen LogP contribution in [0.15, 0.2) is 11.4 Å². The highest BCUT2D eigenvalue weighted by molar-refractivity contribution is 7.10. The molecule has 2 rings (SSSR count). The van der Waals surface area contributed by atoms with E-state index in [1.54, 1.807) is 11.3 Å². The molecule has 1 N–H and O–H groups in total. The third-order valence-electron chi connectivity index (χ3n) is 2.47. The van der Waals surface area contributed by atoms with Gasteiger partial charge >= 0.3 is 0 Å². The van der Waals surface area contributed by atoms with Crippen molar-refractivity contribution in [3.05, 3.63) is 33.3 Å². The van der Waals surface area contributed by atoms with E-state index in [2.05, 4.69) is 38.9 Å². The third kappa shape index (κ3) is 2.36. The van der Waals surface area contributed by atoms with Crippen LogP contribution in [-0.4, -0.2) is 15.2 Å². The van der Waals surface area contributed by atoms with Crippen LogP contribution in [-0.2, 0) is 6.54 Å². The van der Waals surface area contributed by atoms with Gasteiger partial charge in [0.1, 0.15) is 0 Å². The summed E-state index contributed by atoms with van der Waals surface area (Å²) in [6.07, 6.45) is 0. The predicted molar refractivity (Wildman–Crippen MR) is 65.7 cm³/mol. The number of nitrogens with zero attached hydrogens (tertiary/aromatic N) is 3. The standard InChI is InChI=1S/C11H14N4S/c1-7-4-5-16-10(7)6-12-11-13-8(2)9(3)14-15-11/h4-5H,6H2,1-3H3,(H,12,13,15). The largest absolute Gasteiger partial charge is 0.348 e. The number of thiophene rings is 1. The first-order chi connectivity index (χ1) is 7.66. The Morgan fingerprint density at radius 2 is 2.00 bits per heavy atom. The van der Waals surface area contributed by atoms with Crippen molar-refractivity contribution in [3.8, 4) is 0 Å². The lowest BCUT2D eigenvalue weighted by Crippen LogP contribution is -2.06. The minimum atomic E-state index is 0.593. The average molecular weight is 234 g/mol. The number of nitrogens with one attached hydrogen (secondary N) is 1. The first kappa shape index (κ1) is 11.0. The third-order valence-corrected chi connectivity index (χ3v) is 3.49. The van der Waals surface area contributed by atoms with Gasteiger partial charge in [0.15, 0.2) is 0 Å². The van der Waals surface area contributed by atoms with E-state index in [-0.39, 0.29) is 0 Å². The van der Waals surface area contributed by atoms with E-state index < -0.39 is 0 Å². The van der Waals surface area contributed by atoms with Crippen LogP contribution < -0.4 is 5.32 Å². The van der Waals surface area contributed by atoms with Crippen LogP contribution in [0.2, 0.25) is 0 Å². The first-order valence-electron chi connectivity index (χ1n) is 5.11. The van der Waals surface area contributed by atoms with E-state index in [1.807, 2.05) is 13.8 Å². The van der Waals surface area contributed by atoms with Crippen LogP contribution in [0.5, 0.6) is 0 Å². The monoisotopic (exact) mass is 234 g/mol. The highest BCUT2D eigenvalue weighted by Gasteiger charge is 2.03. The molecule has 0 saturated carbocycles. The molecular weight excluding hydrogens is 220 g/mol. The minimum Gasteiger partial charge on any atom is -0.348 e. The molecular formula is C11H14N4S. The van der Waals surface area contributed by atoms with E-state index >= 15 is 0 Å². The second-order valence-corrected chi connectivity index (χ2v) is 4.69. The maximum atomic E-state index is 4.32. The number of anilines is 1. The Kier molecular flexibility index (Phi) is 3.14. The fraction of sp³-hybridized carbons (Fsp3) is 0.364. The van der Waals surface area contributed by atoms with Crippen molar-refractivity contribution in [3.63, 3.8) is 0 Å². The van der Waals surface area contributed by atoms with Crippen LogP contribution in [0.1, 0.15) is 21.8 Å². The Morgan fingerprint density at radius 1 is 1.19 bits per heavy atom. The van der Waals surface area contributed by atoms with Gasteiger partial charge in [0.25, 0.3) is 0 Å². The molecule has 0 radical (unpaired) electrons. The van der Waals surface area contributed by atoms with Gasteiger partial charge in [0, 0.05) is 4.88 Å². The molecule has 0 aliphatic heterocycles. The van der Waals surface area contributed by atoms with E-state index in [0.717, 1.165) is 17.9 Å². The number of aryl methyl sites for hydroxylation is 3. The van der Waals surface area contributed by atoms with Crippen LogP contribution in [0.4, 0.5) is 5.95 Å². The van der Waals surface area contributed by atoms with Gasteiger partial charge in [0.2, 0.25) is 5.95 Å². The van der Waals surface area contributed by atoms with Crippen molar-refractivity contribution in [1.82, 2.24) is 15.2 Å². The number of hydrogen-bond acceptors (Lipinski definition) is 5. The molecule has 84 valence electrons. The maximum Gasteiger partial charge on any atom is 0.243 e. The van der Waals surface area contributed by atoms with Gasteiger partial charge in [-0.2, -0.15) is 5.10 Å². The van der Waals surface area contributed by atoms with Gasteiger partial charge in [-0.3, -0.25) is 0 Å². The Labute approximate surface area is 98.8 Å². The van der Waals surface area contributed by atoms with Crippen molar-refractivity contribution >= 4 is 17.3 Å². The van der Waals surface area contributed by atoms with Crippen LogP contribution in [0.25, 0.3) is 0 Å². The normalized spacial score (nSPS) is 10.4. The molecule has 0 spiro atoms. The fourth-order valence-corrected chi connectivity index (χ4v) is 2.12. The number of aromatic nitrogens is 3. The van der Waals surface area contributed by atoms with Gasteiger partial charge in [-0.15, -0.1) is 16.4 Å². The minimum absolute atomic E-state index is 0.593. The van der Waals surface area contributed by atoms with Crippen LogP contribution in [0, 0.1) is 20.8 Å². The van der Waals surface area contributed by atoms with E-state index in [1.165, 1.54) is 10.4 Å². The predicted octanol–water partition coefficient (Wildman–Crippen LogP) is 2.47. The molecule has 2 aromatic rings. The fourth-order valence-electron chi connectivity index (χ4n) is 1.28. The molecule has 0 amide bonds. The summed E-state index contributed by atoms with van der Waals surface area (Å²) in [5.41, 5.74) is 3.09. The molecule has 0 unspecified atom stereocenters. The van der Waals surface area contributed by atoms with Crippen LogP contribution in [0.3, 0.4) is 0 Å². The molecule has 2 heterocycles. The molecule has 0 atom stereocenters. The summed E-state index contributed by atoms with van der Waals surface area (Å²) in [7, 11) is 0. The maximum absolute atomic E-state index is 4.32. The van der Waals surface area contributed by atoms with E-state index in [0.29, 0.717) is 5.95 Å². The van der Waals surface area contributed by atoms with E-state index in [9.17, 15) is 0 Å². The molecule has 5 heteroatoms. The lowest BCUT2D eigenvalue weighted by molar-refractivity contribution is 0.887. The number of rotatable bonds is 3. The highest BCUT2D eigenvalue weighted by atomic mass is 32.1. The SMILES string of the molecule is Cc1ccsc1CNc1nnc(C)c(C)n1. The summed E-state index contributed by atoms with van der Waals surface area (Å²) in [5, 5.41) is 13.3. The van der Waals surface area contributed by atoms with Crippen molar-refractivity contribution in [2.45, 2.75) is 27.3 Å². The summed E-state index contributed by atoms with van der Waals surface area (Å²) < 4.78 is 0. The lowest BCUT2D eigenvalue weighted by Gasteiger charge is -2.04. The molecule has 0 saturated heterocycles. The first-order valence-corrected chi connectivity index (χ1v) is 5.99. The Hall–Kier alpha value is -1.49. The van der Waals surface area contributed by atoms with Crippen molar-refractivity contribution in [2.24, 2.45) is 0 Å². The van der Waals surface area contributed by atoms with Gasteiger partial charge < -0.3 is 5.32 Å². The van der Waals surface area contributed by atoms with Crippen LogP contribution >= 0.6 is 11.3 Å². The Bertz CT molecular complexity index is 492. The smallest absolute Gasteiger partial charge is 0.243 e. The van der Waals surface area contributed by atoms with Gasteiger partial charge in [-0.25, -0.2) is 4.98 Å². The lowest BCUT2D eigenvalue weighted by atomic mass is 10.3. The highest BCUT2D eigenvalue weighted by Crippen LogP contribution is 2.16. The molecule has 4 nitrogen and oxygen atoms in total. The topological polar surface area (TPSA) is 50.7 Å². The summed E-state index contributed by atoms with van der Waals surface area (Å²) in [6.45, 7) is 6.70. The zero-order valence-corrected chi connectivity index (χ0v) is 10.4. The average Bonchev–Trinajstić information content (AvgIpc) is 2.66. The summed E-state index contributed by atoms with van der Waals surface area (Å²) >= 11 is 1.74. The summed E-state index contributed by atoms with van der Waals surface area (Å²) in [5.74, 6) is 0.593. The second kappa shape index (κ2) is 4.57. The van der Waals surface area contributed by atoms with Crippen molar-refractivity contribution in [2.75, 3.05) is 5.32 Å². The van der Waals surface area contributed by atoms with Crippen molar-refractivity contribution < 1.29 is 0 Å². The molecule has 0 aromatic carbocycles. The zero-order chi connectivity index (χ0) is 11.5. The van der Waals surface area contributed by atoms with Crippen molar-refractivity contribution in [1.29, 1.82) is 0 Å². The van der Waals surface area contributed by atoms with Gasteiger partial charge in [-0.1, -0.05) is 0 Å². The molecule has 2 aromatic heterocycles. The number of hydrogen-bond donors (Lipinski definition) is 1. The molecule has 0 fully saturated rings. The molecule has 0 aliphatic rings. The Balaban J connectivity index is 2.05. The summed E-state index contributed by atoms with van der Waals surface area (Å²) in [6, 6.07) is 2.11. The van der Waals surface area contributed by atoms with E-state index in [4.69, 9.17) is 0 Å². The molecule has 0 aliphatic carbocycles. The summed E-state index contributed by atoms with van der Waals surface area (Å²) in [4.78, 5) is 5.63.